The van der Waals surface area contributed by atoms with Gasteiger partial charge in [-0.2, -0.15) is 9.97 Å². The Morgan fingerprint density at radius 2 is 1.92 bits per heavy atom. The lowest BCUT2D eigenvalue weighted by atomic mass is 10.2. The van der Waals surface area contributed by atoms with E-state index < -0.39 is 0 Å². The quantitative estimate of drug-likeness (QED) is 0.736. The van der Waals surface area contributed by atoms with E-state index in [4.69, 9.17) is 26.1 Å². The second kappa shape index (κ2) is 6.94. The number of morpholine rings is 2. The maximum atomic E-state index is 12.4. The monoisotopic (exact) mass is 377 g/mol. The molecule has 2 aliphatic heterocycles. The van der Waals surface area contributed by atoms with Gasteiger partial charge in [-0.3, -0.25) is 9.69 Å². The minimum atomic E-state index is -0.161. The van der Waals surface area contributed by atoms with E-state index in [-0.39, 0.29) is 24.6 Å². The number of pyridine rings is 1. The van der Waals surface area contributed by atoms with Crippen molar-refractivity contribution in [1.29, 1.82) is 0 Å². The first-order chi connectivity index (χ1) is 12.5. The molecule has 8 nitrogen and oxygen atoms in total. The van der Waals surface area contributed by atoms with Crippen molar-refractivity contribution in [2.24, 2.45) is 0 Å². The van der Waals surface area contributed by atoms with Crippen molar-refractivity contribution in [3.05, 3.63) is 17.3 Å². The van der Waals surface area contributed by atoms with Crippen molar-refractivity contribution in [3.8, 4) is 0 Å². The van der Waals surface area contributed by atoms with Crippen LogP contribution in [0.15, 0.2) is 12.1 Å². The summed E-state index contributed by atoms with van der Waals surface area (Å²) in [6, 6.07) is 3.60. The highest BCUT2D eigenvalue weighted by molar-refractivity contribution is 6.29. The highest BCUT2D eigenvalue weighted by Gasteiger charge is 2.31. The smallest absolute Gasteiger partial charge is 0.255 e. The van der Waals surface area contributed by atoms with Crippen LogP contribution in [0.1, 0.15) is 13.8 Å². The number of hydrogen-bond acceptors (Lipinski definition) is 7. The van der Waals surface area contributed by atoms with Crippen LogP contribution in [0.25, 0.3) is 11.0 Å². The lowest BCUT2D eigenvalue weighted by Gasteiger charge is -2.36. The number of halogens is 1. The fourth-order valence-electron chi connectivity index (χ4n) is 3.34. The second-order valence-electron chi connectivity index (χ2n) is 6.60. The zero-order valence-corrected chi connectivity index (χ0v) is 15.4. The molecule has 0 saturated carbocycles. The summed E-state index contributed by atoms with van der Waals surface area (Å²) < 4.78 is 10.8. The Morgan fingerprint density at radius 3 is 2.69 bits per heavy atom. The first kappa shape index (κ1) is 17.4. The summed E-state index contributed by atoms with van der Waals surface area (Å²) in [5, 5.41) is 1.16. The first-order valence-electron chi connectivity index (χ1n) is 8.63. The number of fused-ring (bicyclic) bond motifs is 1. The molecule has 2 aromatic rings. The molecule has 26 heavy (non-hydrogen) atoms. The number of hydrogen-bond donors (Lipinski definition) is 0. The topological polar surface area (TPSA) is 80.7 Å². The third kappa shape index (κ3) is 3.08. The lowest BCUT2D eigenvalue weighted by molar-refractivity contribution is -0.127. The molecule has 0 aromatic carbocycles. The van der Waals surface area contributed by atoms with Gasteiger partial charge in [0.25, 0.3) is 5.91 Å². The van der Waals surface area contributed by atoms with E-state index in [1.54, 1.807) is 11.0 Å². The fourth-order valence-corrected chi connectivity index (χ4v) is 3.49. The van der Waals surface area contributed by atoms with Gasteiger partial charge in [-0.05, 0) is 26.0 Å². The number of anilines is 2. The number of rotatable bonds is 2. The summed E-state index contributed by atoms with van der Waals surface area (Å²) in [4.78, 5) is 29.8. The zero-order valence-electron chi connectivity index (χ0n) is 14.7. The summed E-state index contributed by atoms with van der Waals surface area (Å²) >= 11 is 6.08. The minimum Gasteiger partial charge on any atom is -0.377 e. The van der Waals surface area contributed by atoms with Crippen molar-refractivity contribution in [1.82, 2.24) is 15.0 Å². The molecule has 2 saturated heterocycles. The molecular formula is C17H20ClN5O3. The standard InChI is InChI=1S/C17H20ClN5O3/c1-10-7-25-6-5-22(10)16-12-3-4-13(18)19-15(12)20-17(21-16)23-11(2)8-26-9-14(23)24/h3-4,10-11H,5-9H2,1-2H3/t10-,11-/m0/s1. The van der Waals surface area contributed by atoms with Gasteiger partial charge in [0.2, 0.25) is 5.95 Å². The van der Waals surface area contributed by atoms with Gasteiger partial charge in [0.05, 0.1) is 37.3 Å². The molecule has 0 radical (unpaired) electrons. The van der Waals surface area contributed by atoms with E-state index in [0.717, 1.165) is 11.2 Å². The average Bonchev–Trinajstić information content (AvgIpc) is 2.61. The molecule has 9 heteroatoms. The molecule has 2 atom stereocenters. The van der Waals surface area contributed by atoms with Gasteiger partial charge < -0.3 is 14.4 Å². The van der Waals surface area contributed by atoms with Crippen molar-refractivity contribution < 1.29 is 14.3 Å². The molecule has 2 fully saturated rings. The number of carbonyl (C=O) groups is 1. The van der Waals surface area contributed by atoms with Gasteiger partial charge in [0.1, 0.15) is 17.6 Å². The third-order valence-corrected chi connectivity index (χ3v) is 4.85. The van der Waals surface area contributed by atoms with Gasteiger partial charge in [-0.1, -0.05) is 11.6 Å². The van der Waals surface area contributed by atoms with Crippen LogP contribution < -0.4 is 9.80 Å². The Hall–Kier alpha value is -2.03. The Bertz CT molecular complexity index is 849. The average molecular weight is 378 g/mol. The summed E-state index contributed by atoms with van der Waals surface area (Å²) in [6.45, 7) is 6.42. The van der Waals surface area contributed by atoms with Crippen LogP contribution in [-0.4, -0.2) is 65.9 Å². The largest absolute Gasteiger partial charge is 0.377 e. The number of ether oxygens (including phenoxy) is 2. The van der Waals surface area contributed by atoms with E-state index in [0.29, 0.717) is 43.1 Å². The van der Waals surface area contributed by atoms with E-state index >= 15 is 0 Å². The van der Waals surface area contributed by atoms with Crippen LogP contribution in [0.2, 0.25) is 5.15 Å². The van der Waals surface area contributed by atoms with E-state index in [1.165, 1.54) is 0 Å². The zero-order chi connectivity index (χ0) is 18.3. The van der Waals surface area contributed by atoms with Gasteiger partial charge in [0.15, 0.2) is 5.65 Å². The molecule has 4 heterocycles. The Kier molecular flexibility index (Phi) is 4.64. The summed E-state index contributed by atoms with van der Waals surface area (Å²) in [5.74, 6) is 0.921. The van der Waals surface area contributed by atoms with Crippen LogP contribution in [0.4, 0.5) is 11.8 Å². The van der Waals surface area contributed by atoms with Gasteiger partial charge >= 0.3 is 0 Å². The summed E-state index contributed by atoms with van der Waals surface area (Å²) in [6.07, 6.45) is 0. The van der Waals surface area contributed by atoms with Crippen LogP contribution in [0.3, 0.4) is 0 Å². The van der Waals surface area contributed by atoms with E-state index in [9.17, 15) is 4.79 Å². The van der Waals surface area contributed by atoms with Gasteiger partial charge in [0, 0.05) is 6.54 Å². The molecule has 138 valence electrons. The summed E-state index contributed by atoms with van der Waals surface area (Å²) in [7, 11) is 0. The number of carbonyl (C=O) groups excluding carboxylic acids is 1. The molecule has 0 bridgehead atoms. The Labute approximate surface area is 156 Å². The molecule has 0 N–H and O–H groups in total. The maximum Gasteiger partial charge on any atom is 0.255 e. The third-order valence-electron chi connectivity index (χ3n) is 4.64. The van der Waals surface area contributed by atoms with Crippen LogP contribution in [0, 0.1) is 0 Å². The molecule has 2 aliphatic rings. The number of aromatic nitrogens is 3. The normalized spacial score (nSPS) is 24.3. The van der Waals surface area contributed by atoms with Gasteiger partial charge in [-0.15, -0.1) is 0 Å². The predicted molar refractivity (Wildman–Crippen MR) is 97.7 cm³/mol. The van der Waals surface area contributed by atoms with Crippen molar-refractivity contribution >= 4 is 40.3 Å². The van der Waals surface area contributed by atoms with Crippen LogP contribution in [0.5, 0.6) is 0 Å². The second-order valence-corrected chi connectivity index (χ2v) is 6.98. The first-order valence-corrected chi connectivity index (χ1v) is 9.01. The van der Waals surface area contributed by atoms with E-state index in [2.05, 4.69) is 21.8 Å². The maximum absolute atomic E-state index is 12.4. The predicted octanol–water partition coefficient (Wildman–Crippen LogP) is 1.65. The van der Waals surface area contributed by atoms with E-state index in [1.807, 2.05) is 13.0 Å². The number of nitrogens with zero attached hydrogens (tertiary/aromatic N) is 5. The minimum absolute atomic E-state index is 0.0258. The fraction of sp³-hybridized carbons (Fsp3) is 0.529. The van der Waals surface area contributed by atoms with Crippen molar-refractivity contribution in [2.45, 2.75) is 25.9 Å². The number of amides is 1. The van der Waals surface area contributed by atoms with Crippen LogP contribution >= 0.6 is 11.6 Å². The Balaban J connectivity index is 1.87. The van der Waals surface area contributed by atoms with Crippen molar-refractivity contribution in [3.63, 3.8) is 0 Å². The highest BCUT2D eigenvalue weighted by atomic mass is 35.5. The molecule has 0 aliphatic carbocycles. The lowest BCUT2D eigenvalue weighted by Crippen LogP contribution is -2.49. The van der Waals surface area contributed by atoms with Crippen molar-refractivity contribution in [2.75, 3.05) is 42.8 Å². The summed E-state index contributed by atoms with van der Waals surface area (Å²) in [5.41, 5.74) is 0.475. The highest BCUT2D eigenvalue weighted by Crippen LogP contribution is 2.30. The molecule has 0 spiro atoms. The molecule has 4 rings (SSSR count). The molecular weight excluding hydrogens is 358 g/mol. The van der Waals surface area contributed by atoms with Crippen LogP contribution in [-0.2, 0) is 14.3 Å². The SMILES string of the molecule is C[C@H]1COCCN1c1nc(N2C(=O)COC[C@@H]2C)nc2nc(Cl)ccc12. The van der Waals surface area contributed by atoms with Gasteiger partial charge in [-0.25, -0.2) is 4.98 Å². The Morgan fingerprint density at radius 1 is 1.12 bits per heavy atom. The molecule has 2 aromatic heterocycles. The molecule has 0 unspecified atom stereocenters. The molecule has 1 amide bonds.